The maximum Gasteiger partial charge on any atom is 0.234 e. The Kier molecular flexibility index (Phi) is 4.56. The van der Waals surface area contributed by atoms with Crippen molar-refractivity contribution in [3.8, 4) is 5.75 Å². The molecule has 5 nitrogen and oxygen atoms in total. The average molecular weight is 209 g/mol. The van der Waals surface area contributed by atoms with Gasteiger partial charge in [-0.1, -0.05) is 0 Å². The van der Waals surface area contributed by atoms with Crippen LogP contribution in [0.1, 0.15) is 19.8 Å². The number of hydrogen-bond acceptors (Lipinski definition) is 4. The molecule has 3 N–H and O–H groups in total. The molecule has 0 spiro atoms. The van der Waals surface area contributed by atoms with Crippen LogP contribution in [0.5, 0.6) is 5.75 Å². The zero-order valence-electron chi connectivity index (χ0n) is 8.64. The van der Waals surface area contributed by atoms with Crippen molar-refractivity contribution in [3.63, 3.8) is 0 Å². The van der Waals surface area contributed by atoms with Crippen LogP contribution in [0.2, 0.25) is 0 Å². The minimum absolute atomic E-state index is 0.0356. The molecule has 0 aliphatic carbocycles. The van der Waals surface area contributed by atoms with Crippen LogP contribution in [0, 0.1) is 0 Å². The fourth-order valence-corrected chi connectivity index (χ4v) is 1.11. The largest absolute Gasteiger partial charge is 0.489 e. The topological polar surface area (TPSA) is 77.2 Å². The average Bonchev–Trinajstić information content (AvgIpc) is 2.27. The number of hydrogen-bond donors (Lipinski definition) is 2. The van der Waals surface area contributed by atoms with Gasteiger partial charge in [0.2, 0.25) is 5.91 Å². The highest BCUT2D eigenvalue weighted by atomic mass is 16.5. The first-order valence-corrected chi connectivity index (χ1v) is 4.78. The van der Waals surface area contributed by atoms with E-state index in [9.17, 15) is 4.79 Å². The van der Waals surface area contributed by atoms with Crippen molar-refractivity contribution in [1.29, 1.82) is 0 Å². The predicted molar refractivity (Wildman–Crippen MR) is 55.9 cm³/mol. The molecule has 1 aromatic heterocycles. The van der Waals surface area contributed by atoms with E-state index in [0.717, 1.165) is 0 Å². The Morgan fingerprint density at radius 2 is 2.53 bits per heavy atom. The van der Waals surface area contributed by atoms with Crippen molar-refractivity contribution < 1.29 is 9.53 Å². The Morgan fingerprint density at radius 1 is 1.73 bits per heavy atom. The lowest BCUT2D eigenvalue weighted by Gasteiger charge is -2.13. The quantitative estimate of drug-likeness (QED) is 0.423. The first kappa shape index (κ1) is 11.5. The van der Waals surface area contributed by atoms with Crippen molar-refractivity contribution in [2.45, 2.75) is 25.9 Å². The van der Waals surface area contributed by atoms with Gasteiger partial charge in [-0.05, 0) is 25.5 Å². The Bertz CT molecular complexity index is 303. The Morgan fingerprint density at radius 3 is 3.13 bits per heavy atom. The van der Waals surface area contributed by atoms with Crippen LogP contribution in [0.15, 0.2) is 24.5 Å². The minimum atomic E-state index is -0.184. The molecule has 1 heterocycles. The van der Waals surface area contributed by atoms with Crippen LogP contribution in [-0.2, 0) is 4.79 Å². The number of pyridine rings is 1. The number of nitrogens with two attached hydrogens (primary N) is 1. The van der Waals surface area contributed by atoms with E-state index in [1.165, 1.54) is 0 Å². The highest BCUT2D eigenvalue weighted by molar-refractivity contribution is 5.75. The molecule has 1 amide bonds. The van der Waals surface area contributed by atoms with Crippen LogP contribution in [0.4, 0.5) is 0 Å². The van der Waals surface area contributed by atoms with Gasteiger partial charge in [0, 0.05) is 12.6 Å². The second-order valence-electron chi connectivity index (χ2n) is 3.22. The molecule has 0 radical (unpaired) electrons. The molecule has 0 bridgehead atoms. The number of rotatable bonds is 5. The maximum atomic E-state index is 10.9. The number of aromatic nitrogens is 1. The van der Waals surface area contributed by atoms with E-state index < -0.39 is 0 Å². The third-order valence-corrected chi connectivity index (χ3v) is 1.91. The van der Waals surface area contributed by atoms with Gasteiger partial charge in [0.1, 0.15) is 5.75 Å². The molecule has 1 unspecified atom stereocenters. The fraction of sp³-hybridized carbons (Fsp3) is 0.400. The Hall–Kier alpha value is -1.62. The zero-order valence-corrected chi connectivity index (χ0v) is 8.64. The normalized spacial score (nSPS) is 11.9. The number of hydrazine groups is 1. The second kappa shape index (κ2) is 5.98. The van der Waals surface area contributed by atoms with Gasteiger partial charge in [-0.15, -0.1) is 0 Å². The standard InChI is InChI=1S/C10H15N3O2/c1-8(4-5-10(14)13-11)15-9-3-2-6-12-7-9/h2-3,6-8H,4-5,11H2,1H3,(H,13,14). The number of nitrogens with one attached hydrogen (secondary N) is 1. The van der Waals surface area contributed by atoms with Crippen LogP contribution >= 0.6 is 0 Å². The molecule has 1 aromatic rings. The molecule has 0 aliphatic heterocycles. The summed E-state index contributed by atoms with van der Waals surface area (Å²) in [5, 5.41) is 0. The van der Waals surface area contributed by atoms with E-state index in [0.29, 0.717) is 18.6 Å². The SMILES string of the molecule is CC(CCC(=O)NN)Oc1cccnc1. The van der Waals surface area contributed by atoms with Gasteiger partial charge in [0.05, 0.1) is 12.3 Å². The van der Waals surface area contributed by atoms with Crippen molar-refractivity contribution >= 4 is 5.91 Å². The Balaban J connectivity index is 2.30. The summed E-state index contributed by atoms with van der Waals surface area (Å²) in [5.74, 6) is 5.48. The molecule has 5 heteroatoms. The summed E-state index contributed by atoms with van der Waals surface area (Å²) in [7, 11) is 0. The lowest BCUT2D eigenvalue weighted by atomic mass is 10.2. The first-order valence-electron chi connectivity index (χ1n) is 4.78. The summed E-state index contributed by atoms with van der Waals surface area (Å²) in [6.45, 7) is 1.90. The fourth-order valence-electron chi connectivity index (χ4n) is 1.11. The van der Waals surface area contributed by atoms with E-state index in [1.807, 2.05) is 13.0 Å². The van der Waals surface area contributed by atoms with Gasteiger partial charge in [0.15, 0.2) is 0 Å². The van der Waals surface area contributed by atoms with Gasteiger partial charge >= 0.3 is 0 Å². The lowest BCUT2D eigenvalue weighted by Crippen LogP contribution is -2.30. The van der Waals surface area contributed by atoms with E-state index in [-0.39, 0.29) is 12.0 Å². The van der Waals surface area contributed by atoms with Gasteiger partial charge < -0.3 is 4.74 Å². The predicted octanol–water partition coefficient (Wildman–Crippen LogP) is 0.619. The van der Waals surface area contributed by atoms with Crippen LogP contribution < -0.4 is 16.0 Å². The summed E-state index contributed by atoms with van der Waals surface area (Å²) in [5.41, 5.74) is 2.08. The first-order chi connectivity index (χ1) is 7.22. The molecule has 0 saturated heterocycles. The molecule has 1 rings (SSSR count). The van der Waals surface area contributed by atoms with E-state index in [2.05, 4.69) is 10.4 Å². The molecule has 15 heavy (non-hydrogen) atoms. The number of amides is 1. The highest BCUT2D eigenvalue weighted by Gasteiger charge is 2.06. The molecule has 0 aromatic carbocycles. The smallest absolute Gasteiger partial charge is 0.234 e. The van der Waals surface area contributed by atoms with Crippen molar-refractivity contribution in [1.82, 2.24) is 10.4 Å². The summed E-state index contributed by atoms with van der Waals surface area (Å²) in [6.07, 6.45) is 4.26. The summed E-state index contributed by atoms with van der Waals surface area (Å²) < 4.78 is 5.53. The van der Waals surface area contributed by atoms with Gasteiger partial charge in [-0.2, -0.15) is 0 Å². The van der Waals surface area contributed by atoms with Gasteiger partial charge in [-0.3, -0.25) is 15.2 Å². The van der Waals surface area contributed by atoms with Gasteiger partial charge in [0.25, 0.3) is 0 Å². The molecule has 0 saturated carbocycles. The summed E-state index contributed by atoms with van der Waals surface area (Å²) in [4.78, 5) is 14.8. The van der Waals surface area contributed by atoms with Crippen LogP contribution in [-0.4, -0.2) is 17.0 Å². The zero-order chi connectivity index (χ0) is 11.1. The van der Waals surface area contributed by atoms with E-state index in [4.69, 9.17) is 10.6 Å². The lowest BCUT2D eigenvalue weighted by molar-refractivity contribution is -0.121. The maximum absolute atomic E-state index is 10.9. The number of carbonyl (C=O) groups is 1. The van der Waals surface area contributed by atoms with Gasteiger partial charge in [-0.25, -0.2) is 5.84 Å². The monoisotopic (exact) mass is 209 g/mol. The van der Waals surface area contributed by atoms with Crippen LogP contribution in [0.3, 0.4) is 0 Å². The van der Waals surface area contributed by atoms with Crippen molar-refractivity contribution in [2.24, 2.45) is 5.84 Å². The summed E-state index contributed by atoms with van der Waals surface area (Å²) >= 11 is 0. The molecular weight excluding hydrogens is 194 g/mol. The van der Waals surface area contributed by atoms with Crippen molar-refractivity contribution in [2.75, 3.05) is 0 Å². The molecular formula is C10H15N3O2. The molecule has 0 aliphatic rings. The number of nitrogens with zero attached hydrogens (tertiary/aromatic N) is 1. The number of ether oxygens (including phenoxy) is 1. The number of carbonyl (C=O) groups excluding carboxylic acids is 1. The highest BCUT2D eigenvalue weighted by Crippen LogP contribution is 2.11. The Labute approximate surface area is 88.6 Å². The third kappa shape index (κ3) is 4.42. The molecule has 0 fully saturated rings. The molecule has 82 valence electrons. The van der Waals surface area contributed by atoms with Crippen molar-refractivity contribution in [3.05, 3.63) is 24.5 Å². The van der Waals surface area contributed by atoms with Crippen LogP contribution in [0.25, 0.3) is 0 Å². The second-order valence-corrected chi connectivity index (χ2v) is 3.22. The summed E-state index contributed by atoms with van der Waals surface area (Å²) in [6, 6.07) is 3.63. The van der Waals surface area contributed by atoms with E-state index in [1.54, 1.807) is 18.5 Å². The van der Waals surface area contributed by atoms with E-state index >= 15 is 0 Å². The third-order valence-electron chi connectivity index (χ3n) is 1.91. The minimum Gasteiger partial charge on any atom is -0.489 e. The molecule has 1 atom stereocenters.